The summed E-state index contributed by atoms with van der Waals surface area (Å²) in [6, 6.07) is 21.4. The molecule has 0 aliphatic carbocycles. The Morgan fingerprint density at radius 2 is 1.60 bits per heavy atom. The number of aryl methyl sites for hydroxylation is 1. The van der Waals surface area contributed by atoms with E-state index in [-0.39, 0.29) is 23.3 Å². The Morgan fingerprint density at radius 1 is 0.884 bits per heavy atom. The summed E-state index contributed by atoms with van der Waals surface area (Å²) in [7, 11) is 0. The van der Waals surface area contributed by atoms with Crippen molar-refractivity contribution in [2.24, 2.45) is 0 Å². The quantitative estimate of drug-likeness (QED) is 0.177. The van der Waals surface area contributed by atoms with Gasteiger partial charge in [0.05, 0.1) is 18.3 Å². The third-order valence-corrected chi connectivity index (χ3v) is 7.86. The fourth-order valence-electron chi connectivity index (χ4n) is 5.40. The fraction of sp³-hybridized carbons (Fsp3) is 0.429. The first-order valence-electron chi connectivity index (χ1n) is 15.3. The van der Waals surface area contributed by atoms with E-state index in [1.165, 1.54) is 12.1 Å². The van der Waals surface area contributed by atoms with Crippen molar-refractivity contribution in [2.75, 3.05) is 44.2 Å². The van der Waals surface area contributed by atoms with E-state index in [1.807, 2.05) is 30.3 Å². The van der Waals surface area contributed by atoms with Crippen molar-refractivity contribution in [3.05, 3.63) is 89.7 Å². The van der Waals surface area contributed by atoms with Gasteiger partial charge in [-0.1, -0.05) is 18.2 Å². The Labute approximate surface area is 254 Å². The Balaban J connectivity index is 1.24. The molecule has 0 radical (unpaired) electrons. The molecular formula is C35H43FN2O5. The third-order valence-electron chi connectivity index (χ3n) is 7.86. The molecule has 1 aliphatic rings. The number of carbonyl (C=O) groups is 2. The second-order valence-corrected chi connectivity index (χ2v) is 11.2. The molecule has 3 aromatic carbocycles. The maximum atomic E-state index is 13.2. The lowest BCUT2D eigenvalue weighted by atomic mass is 10.0. The van der Waals surface area contributed by atoms with Gasteiger partial charge in [0.15, 0.2) is 0 Å². The number of para-hydroxylation sites is 1. The van der Waals surface area contributed by atoms with Crippen molar-refractivity contribution >= 4 is 17.4 Å². The van der Waals surface area contributed by atoms with Gasteiger partial charge in [-0.15, -0.1) is 0 Å². The Kier molecular flexibility index (Phi) is 12.4. The summed E-state index contributed by atoms with van der Waals surface area (Å²) in [4.78, 5) is 27.3. The minimum Gasteiger partial charge on any atom is -0.493 e. The number of ketones is 1. The van der Waals surface area contributed by atoms with E-state index >= 15 is 0 Å². The normalized spacial score (nSPS) is 14.3. The van der Waals surface area contributed by atoms with E-state index in [2.05, 4.69) is 15.9 Å². The van der Waals surface area contributed by atoms with Gasteiger partial charge in [0.1, 0.15) is 23.1 Å². The van der Waals surface area contributed by atoms with Gasteiger partial charge < -0.3 is 24.3 Å². The molecule has 3 aromatic rings. The molecular weight excluding hydrogens is 547 g/mol. The number of hydrogen-bond donors (Lipinski definition) is 1. The molecule has 0 amide bonds. The molecule has 0 saturated carbocycles. The van der Waals surface area contributed by atoms with Crippen LogP contribution in [0, 0.1) is 5.82 Å². The third kappa shape index (κ3) is 10.7. The number of anilines is 1. The summed E-state index contributed by atoms with van der Waals surface area (Å²) in [5.41, 5.74) is 2.43. The van der Waals surface area contributed by atoms with Crippen LogP contribution in [0.15, 0.2) is 72.8 Å². The summed E-state index contributed by atoms with van der Waals surface area (Å²) in [6.07, 6.45) is 5.52. The minimum absolute atomic E-state index is 0.0655. The Hall–Kier alpha value is -3.91. The number of carboxylic acids is 1. The first-order valence-corrected chi connectivity index (χ1v) is 15.3. The highest BCUT2D eigenvalue weighted by atomic mass is 19.1. The molecule has 1 heterocycles. The minimum atomic E-state index is -0.964. The Morgan fingerprint density at radius 3 is 2.30 bits per heavy atom. The SMILES string of the molecule is CC(=O)CCCCC(CCc1ccccc1OCCCN1CCN(c2ccc(F)cc2)CC1)Oc1ccc(C(=O)O)cc1. The molecule has 1 fully saturated rings. The maximum absolute atomic E-state index is 13.2. The number of halogens is 1. The zero-order valence-corrected chi connectivity index (χ0v) is 25.1. The van der Waals surface area contributed by atoms with Gasteiger partial charge in [0.25, 0.3) is 0 Å². The largest absolute Gasteiger partial charge is 0.493 e. The van der Waals surface area contributed by atoms with Crippen molar-refractivity contribution in [1.82, 2.24) is 4.90 Å². The van der Waals surface area contributed by atoms with Crippen molar-refractivity contribution in [3.63, 3.8) is 0 Å². The molecule has 43 heavy (non-hydrogen) atoms. The number of carbonyl (C=O) groups excluding carboxylic acids is 1. The number of carboxylic acid groups (broad SMARTS) is 1. The van der Waals surface area contributed by atoms with Gasteiger partial charge >= 0.3 is 5.97 Å². The molecule has 0 aromatic heterocycles. The van der Waals surface area contributed by atoms with Gasteiger partial charge in [0, 0.05) is 44.8 Å². The van der Waals surface area contributed by atoms with Gasteiger partial charge in [0.2, 0.25) is 0 Å². The Bertz CT molecular complexity index is 1290. The van der Waals surface area contributed by atoms with Crippen LogP contribution in [0.4, 0.5) is 10.1 Å². The second-order valence-electron chi connectivity index (χ2n) is 11.2. The highest BCUT2D eigenvalue weighted by Crippen LogP contribution is 2.24. The first-order chi connectivity index (χ1) is 20.9. The lowest BCUT2D eigenvalue weighted by molar-refractivity contribution is -0.117. The van der Waals surface area contributed by atoms with Crippen LogP contribution in [0.1, 0.15) is 61.4 Å². The fourth-order valence-corrected chi connectivity index (χ4v) is 5.40. The molecule has 0 spiro atoms. The van der Waals surface area contributed by atoms with Crippen LogP contribution in [0.2, 0.25) is 0 Å². The van der Waals surface area contributed by atoms with Crippen LogP contribution in [0.25, 0.3) is 0 Å². The molecule has 1 saturated heterocycles. The zero-order valence-electron chi connectivity index (χ0n) is 25.1. The number of ether oxygens (including phenoxy) is 2. The topological polar surface area (TPSA) is 79.3 Å². The number of aromatic carboxylic acids is 1. The number of rotatable bonds is 17. The van der Waals surface area contributed by atoms with E-state index in [0.29, 0.717) is 18.8 Å². The van der Waals surface area contributed by atoms with E-state index in [9.17, 15) is 19.1 Å². The van der Waals surface area contributed by atoms with Gasteiger partial charge in [-0.2, -0.15) is 0 Å². The van der Waals surface area contributed by atoms with Gasteiger partial charge in [-0.25, -0.2) is 9.18 Å². The summed E-state index contributed by atoms with van der Waals surface area (Å²) in [5.74, 6) is 0.561. The zero-order chi connectivity index (χ0) is 30.4. The number of benzene rings is 3. The smallest absolute Gasteiger partial charge is 0.335 e. The number of hydrogen-bond acceptors (Lipinski definition) is 6. The molecule has 8 heteroatoms. The summed E-state index contributed by atoms with van der Waals surface area (Å²) >= 11 is 0. The number of piperazine rings is 1. The lowest BCUT2D eigenvalue weighted by Gasteiger charge is -2.36. The van der Waals surface area contributed by atoms with Crippen molar-refractivity contribution in [3.8, 4) is 11.5 Å². The maximum Gasteiger partial charge on any atom is 0.335 e. The van der Waals surface area contributed by atoms with Crippen molar-refractivity contribution < 1.29 is 28.6 Å². The average Bonchev–Trinajstić information content (AvgIpc) is 3.01. The van der Waals surface area contributed by atoms with Crippen LogP contribution < -0.4 is 14.4 Å². The summed E-state index contributed by atoms with van der Waals surface area (Å²) < 4.78 is 25.8. The van der Waals surface area contributed by atoms with E-state index in [1.54, 1.807) is 31.2 Å². The predicted octanol–water partition coefficient (Wildman–Crippen LogP) is 6.64. The standard InChI is InChI=1S/C35H43FN2O5/c1-27(39)7-2-4-9-32(43-33-19-12-29(13-20-33)35(40)41)18-11-28-8-3-5-10-34(28)42-26-6-21-37-22-24-38(25-23-37)31-16-14-30(36)15-17-31/h3,5,8,10,12-17,19-20,32H,2,4,6-7,9,11,18,21-26H2,1H3,(H,40,41). The average molecular weight is 591 g/mol. The van der Waals surface area contributed by atoms with Crippen LogP contribution in [0.3, 0.4) is 0 Å². The molecule has 0 bridgehead atoms. The van der Waals surface area contributed by atoms with Crippen LogP contribution >= 0.6 is 0 Å². The van der Waals surface area contributed by atoms with E-state index in [4.69, 9.17) is 9.47 Å². The molecule has 230 valence electrons. The lowest BCUT2D eigenvalue weighted by Crippen LogP contribution is -2.46. The molecule has 1 N–H and O–H groups in total. The van der Waals surface area contributed by atoms with Crippen LogP contribution in [0.5, 0.6) is 11.5 Å². The van der Waals surface area contributed by atoms with Gasteiger partial charge in [-0.3, -0.25) is 4.90 Å². The van der Waals surface area contributed by atoms with Crippen molar-refractivity contribution in [1.29, 1.82) is 0 Å². The number of nitrogens with zero attached hydrogens (tertiary/aromatic N) is 2. The van der Waals surface area contributed by atoms with Crippen LogP contribution in [-0.4, -0.2) is 67.2 Å². The second kappa shape index (κ2) is 16.7. The van der Waals surface area contributed by atoms with Crippen molar-refractivity contribution in [2.45, 2.75) is 58.0 Å². The first kappa shape index (κ1) is 32.0. The number of unbranched alkanes of at least 4 members (excludes halogenated alkanes) is 1. The molecule has 1 atom stereocenters. The molecule has 4 rings (SSSR count). The van der Waals surface area contributed by atoms with Gasteiger partial charge in [-0.05, 0) is 106 Å². The number of Topliss-reactive ketones (excluding diaryl/α,β-unsaturated/α-hetero) is 1. The predicted molar refractivity (Wildman–Crippen MR) is 167 cm³/mol. The van der Waals surface area contributed by atoms with E-state index in [0.717, 1.165) is 88.2 Å². The van der Waals surface area contributed by atoms with E-state index < -0.39 is 5.97 Å². The summed E-state index contributed by atoms with van der Waals surface area (Å²) in [6.45, 7) is 7.02. The molecule has 7 nitrogen and oxygen atoms in total. The monoisotopic (exact) mass is 590 g/mol. The highest BCUT2D eigenvalue weighted by Gasteiger charge is 2.17. The summed E-state index contributed by atoms with van der Waals surface area (Å²) in [5, 5.41) is 9.19. The molecule has 1 unspecified atom stereocenters. The molecule has 1 aliphatic heterocycles. The van der Waals surface area contributed by atoms with Crippen LogP contribution in [-0.2, 0) is 11.2 Å². The highest BCUT2D eigenvalue weighted by molar-refractivity contribution is 5.87.